The van der Waals surface area contributed by atoms with Crippen LogP contribution < -0.4 is 0 Å². The lowest BCUT2D eigenvalue weighted by molar-refractivity contribution is 0.0697. The molecule has 0 spiro atoms. The largest absolute Gasteiger partial charge is 0.478 e. The van der Waals surface area contributed by atoms with Crippen LogP contribution in [0.4, 0.5) is 0 Å². The highest BCUT2D eigenvalue weighted by atomic mass is 32.1. The zero-order valence-corrected chi connectivity index (χ0v) is 12.1. The number of carboxylic acid groups (broad SMARTS) is 1. The lowest BCUT2D eigenvalue weighted by atomic mass is 10.1. The molecule has 104 valence electrons. The number of thiazole rings is 1. The zero-order valence-electron chi connectivity index (χ0n) is 11.3. The average molecular weight is 296 g/mol. The maximum absolute atomic E-state index is 11.0. The molecule has 0 saturated carbocycles. The molecular formula is C16H12N2O2S. The summed E-state index contributed by atoms with van der Waals surface area (Å²) in [7, 11) is 0. The van der Waals surface area contributed by atoms with Gasteiger partial charge in [0.15, 0.2) is 0 Å². The molecule has 0 radical (unpaired) electrons. The van der Waals surface area contributed by atoms with Crippen LogP contribution in [0, 0.1) is 6.92 Å². The molecule has 0 amide bonds. The van der Waals surface area contributed by atoms with Gasteiger partial charge in [-0.3, -0.25) is 4.98 Å². The summed E-state index contributed by atoms with van der Waals surface area (Å²) in [4.78, 5) is 19.8. The summed E-state index contributed by atoms with van der Waals surface area (Å²) in [5, 5.41) is 11.9. The van der Waals surface area contributed by atoms with Gasteiger partial charge in [-0.05, 0) is 30.7 Å². The Hall–Kier alpha value is -2.53. The van der Waals surface area contributed by atoms with Crippen LogP contribution in [0.1, 0.15) is 15.9 Å². The van der Waals surface area contributed by atoms with E-state index in [2.05, 4.69) is 9.97 Å². The standard InChI is InChI=1S/C16H12N2O2S/c1-10-5-6-17-8-13(10)15-18-14(9-21-15)11-3-2-4-12(7-11)16(19)20/h2-9H,1H3,(H,19,20). The summed E-state index contributed by atoms with van der Waals surface area (Å²) in [6.07, 6.45) is 3.55. The number of hydrogen-bond acceptors (Lipinski definition) is 4. The SMILES string of the molecule is Cc1ccncc1-c1nc(-c2cccc(C(=O)O)c2)cs1. The molecule has 0 aliphatic carbocycles. The van der Waals surface area contributed by atoms with Crippen molar-refractivity contribution in [1.82, 2.24) is 9.97 Å². The molecule has 2 heterocycles. The van der Waals surface area contributed by atoms with Crippen molar-refractivity contribution in [2.75, 3.05) is 0 Å². The van der Waals surface area contributed by atoms with Gasteiger partial charge in [0, 0.05) is 28.9 Å². The Kier molecular flexibility index (Phi) is 3.50. The first kappa shape index (κ1) is 13.5. The topological polar surface area (TPSA) is 63.1 Å². The van der Waals surface area contributed by atoms with Crippen LogP contribution in [0.2, 0.25) is 0 Å². The Bertz CT molecular complexity index is 811. The third-order valence-electron chi connectivity index (χ3n) is 3.18. The molecule has 0 atom stereocenters. The molecule has 1 aromatic carbocycles. The van der Waals surface area contributed by atoms with E-state index in [1.54, 1.807) is 30.6 Å². The number of carboxylic acids is 1. The summed E-state index contributed by atoms with van der Waals surface area (Å²) in [5.41, 5.74) is 3.97. The van der Waals surface area contributed by atoms with Crippen LogP contribution in [0.5, 0.6) is 0 Å². The normalized spacial score (nSPS) is 10.5. The van der Waals surface area contributed by atoms with Crippen molar-refractivity contribution in [3.8, 4) is 21.8 Å². The number of carbonyl (C=O) groups is 1. The van der Waals surface area contributed by atoms with E-state index in [1.807, 2.05) is 24.4 Å². The van der Waals surface area contributed by atoms with Gasteiger partial charge in [-0.2, -0.15) is 0 Å². The minimum absolute atomic E-state index is 0.264. The van der Waals surface area contributed by atoms with Crippen LogP contribution in [-0.2, 0) is 0 Å². The predicted octanol–water partition coefficient (Wildman–Crippen LogP) is 3.88. The molecule has 2 aromatic heterocycles. The molecule has 0 unspecified atom stereocenters. The maximum atomic E-state index is 11.0. The fraction of sp³-hybridized carbons (Fsp3) is 0.0625. The Morgan fingerprint density at radius 1 is 1.29 bits per heavy atom. The third kappa shape index (κ3) is 2.68. The summed E-state index contributed by atoms with van der Waals surface area (Å²) >= 11 is 1.53. The van der Waals surface area contributed by atoms with Crippen molar-refractivity contribution in [1.29, 1.82) is 0 Å². The van der Waals surface area contributed by atoms with E-state index < -0.39 is 5.97 Å². The lowest BCUT2D eigenvalue weighted by Gasteiger charge is -2.01. The number of benzene rings is 1. The number of aryl methyl sites for hydroxylation is 1. The van der Waals surface area contributed by atoms with Gasteiger partial charge in [0.05, 0.1) is 11.3 Å². The quantitative estimate of drug-likeness (QED) is 0.796. The lowest BCUT2D eigenvalue weighted by Crippen LogP contribution is -1.95. The van der Waals surface area contributed by atoms with Crippen molar-refractivity contribution in [2.45, 2.75) is 6.92 Å². The zero-order chi connectivity index (χ0) is 14.8. The number of aromatic nitrogens is 2. The minimum Gasteiger partial charge on any atom is -0.478 e. The Labute approximate surface area is 125 Å². The van der Waals surface area contributed by atoms with Crippen molar-refractivity contribution in [2.24, 2.45) is 0 Å². The van der Waals surface area contributed by atoms with Gasteiger partial charge in [-0.1, -0.05) is 12.1 Å². The van der Waals surface area contributed by atoms with E-state index in [0.717, 1.165) is 27.4 Å². The van der Waals surface area contributed by atoms with E-state index >= 15 is 0 Å². The number of hydrogen-bond donors (Lipinski definition) is 1. The summed E-state index contributed by atoms with van der Waals surface area (Å²) in [5.74, 6) is -0.935. The predicted molar refractivity (Wildman–Crippen MR) is 82.5 cm³/mol. The van der Waals surface area contributed by atoms with Gasteiger partial charge in [-0.15, -0.1) is 11.3 Å². The fourth-order valence-electron chi connectivity index (χ4n) is 2.03. The van der Waals surface area contributed by atoms with Crippen LogP contribution in [0.3, 0.4) is 0 Å². The van der Waals surface area contributed by atoms with E-state index in [4.69, 9.17) is 5.11 Å². The molecule has 4 nitrogen and oxygen atoms in total. The number of nitrogens with zero attached hydrogens (tertiary/aromatic N) is 2. The molecule has 0 aliphatic rings. The summed E-state index contributed by atoms with van der Waals surface area (Å²) < 4.78 is 0. The third-order valence-corrected chi connectivity index (χ3v) is 4.05. The summed E-state index contributed by atoms with van der Waals surface area (Å²) in [6, 6.07) is 8.75. The Morgan fingerprint density at radius 2 is 2.14 bits per heavy atom. The van der Waals surface area contributed by atoms with Crippen molar-refractivity contribution in [3.05, 3.63) is 59.2 Å². The van der Waals surface area contributed by atoms with Gasteiger partial charge in [-0.25, -0.2) is 9.78 Å². The van der Waals surface area contributed by atoms with Crippen LogP contribution >= 0.6 is 11.3 Å². The monoisotopic (exact) mass is 296 g/mol. The number of pyridine rings is 1. The molecule has 3 aromatic rings. The van der Waals surface area contributed by atoms with Gasteiger partial charge >= 0.3 is 5.97 Å². The first-order chi connectivity index (χ1) is 10.1. The second kappa shape index (κ2) is 5.46. The van der Waals surface area contributed by atoms with Crippen LogP contribution in [0.25, 0.3) is 21.8 Å². The Morgan fingerprint density at radius 3 is 2.90 bits per heavy atom. The van der Waals surface area contributed by atoms with Crippen molar-refractivity contribution in [3.63, 3.8) is 0 Å². The molecular weight excluding hydrogens is 284 g/mol. The van der Waals surface area contributed by atoms with Crippen molar-refractivity contribution >= 4 is 17.3 Å². The smallest absolute Gasteiger partial charge is 0.335 e. The molecule has 0 aliphatic heterocycles. The fourth-order valence-corrected chi connectivity index (χ4v) is 2.93. The second-order valence-corrected chi connectivity index (χ2v) is 5.47. The van der Waals surface area contributed by atoms with E-state index in [1.165, 1.54) is 11.3 Å². The highest BCUT2D eigenvalue weighted by Crippen LogP contribution is 2.30. The van der Waals surface area contributed by atoms with E-state index in [-0.39, 0.29) is 5.56 Å². The molecule has 0 saturated heterocycles. The van der Waals surface area contributed by atoms with Crippen LogP contribution in [0.15, 0.2) is 48.1 Å². The van der Waals surface area contributed by atoms with Gasteiger partial charge in [0.1, 0.15) is 5.01 Å². The maximum Gasteiger partial charge on any atom is 0.335 e. The Balaban J connectivity index is 2.01. The van der Waals surface area contributed by atoms with E-state index in [9.17, 15) is 4.79 Å². The highest BCUT2D eigenvalue weighted by molar-refractivity contribution is 7.13. The molecule has 0 fully saturated rings. The van der Waals surface area contributed by atoms with Crippen molar-refractivity contribution < 1.29 is 9.90 Å². The first-order valence-electron chi connectivity index (χ1n) is 6.35. The van der Waals surface area contributed by atoms with Gasteiger partial charge in [0.25, 0.3) is 0 Å². The molecule has 3 rings (SSSR count). The van der Waals surface area contributed by atoms with Crippen LogP contribution in [-0.4, -0.2) is 21.0 Å². The second-order valence-electron chi connectivity index (χ2n) is 4.61. The number of rotatable bonds is 3. The molecule has 1 N–H and O–H groups in total. The van der Waals surface area contributed by atoms with E-state index in [0.29, 0.717) is 0 Å². The molecule has 0 bridgehead atoms. The van der Waals surface area contributed by atoms with Gasteiger partial charge in [0.2, 0.25) is 0 Å². The first-order valence-corrected chi connectivity index (χ1v) is 7.23. The van der Waals surface area contributed by atoms with Gasteiger partial charge < -0.3 is 5.11 Å². The number of aromatic carboxylic acids is 1. The molecule has 21 heavy (non-hydrogen) atoms. The summed E-state index contributed by atoms with van der Waals surface area (Å²) in [6.45, 7) is 2.02. The highest BCUT2D eigenvalue weighted by Gasteiger charge is 2.10. The molecule has 5 heteroatoms. The minimum atomic E-state index is -0.935. The average Bonchev–Trinajstić information content (AvgIpc) is 2.97.